The first-order chi connectivity index (χ1) is 6.64. The molecule has 0 aromatic rings. The number of hydrogen-bond acceptors (Lipinski definition) is 1. The minimum atomic E-state index is -4.76. The Morgan fingerprint density at radius 1 is 1.13 bits per heavy atom. The summed E-state index contributed by atoms with van der Waals surface area (Å²) in [6.45, 7) is 0. The third kappa shape index (κ3) is 6.09. The van der Waals surface area contributed by atoms with Gasteiger partial charge in [0.15, 0.2) is 0 Å². The van der Waals surface area contributed by atoms with Crippen LogP contribution in [0.3, 0.4) is 0 Å². The van der Waals surface area contributed by atoms with Crippen LogP contribution in [0.2, 0.25) is 0 Å². The molecular weight excluding hydrogens is 241 g/mol. The molecule has 0 rings (SSSR count). The number of alkyl halides is 4. The van der Waals surface area contributed by atoms with Crippen LogP contribution in [0.25, 0.3) is 0 Å². The van der Waals surface area contributed by atoms with Gasteiger partial charge in [-0.2, -0.15) is 0 Å². The number of hydrogen-bond donors (Lipinski definition) is 2. The Balaban J connectivity index is 4.55. The predicted octanol–water partition coefficient (Wildman–Crippen LogP) is 1.69. The molecule has 9 heteroatoms. The first-order valence-electron chi connectivity index (χ1n) is 3.99. The van der Waals surface area contributed by atoms with E-state index >= 15 is 0 Å². The van der Waals surface area contributed by atoms with E-state index in [0.717, 1.165) is 7.05 Å². The van der Waals surface area contributed by atoms with E-state index < -0.39 is 39.5 Å². The van der Waals surface area contributed by atoms with Crippen LogP contribution in [0, 0.1) is 0 Å². The van der Waals surface area contributed by atoms with Gasteiger partial charge in [-0.3, -0.25) is 0 Å². The van der Waals surface area contributed by atoms with Crippen molar-refractivity contribution in [2.45, 2.75) is 31.7 Å². The van der Waals surface area contributed by atoms with Crippen LogP contribution in [0.15, 0.2) is 0 Å². The Kier molecular flexibility index (Phi) is 5.72. The normalized spacial score (nSPS) is 13.5. The standard InChI is InChI=1S/C6H12F4NO3P/c1-11(15(12,13)14)4(2-5(7)8)3-6(9)10/h4-6H,2-3H2,1H3,(H2,12,13,14). The monoisotopic (exact) mass is 253 g/mol. The molecule has 92 valence electrons. The van der Waals surface area contributed by atoms with Crippen LogP contribution in [-0.2, 0) is 4.57 Å². The highest BCUT2D eigenvalue weighted by Gasteiger charge is 2.32. The van der Waals surface area contributed by atoms with Crippen LogP contribution in [0.5, 0.6) is 0 Å². The summed E-state index contributed by atoms with van der Waals surface area (Å²) in [7, 11) is -3.92. The lowest BCUT2D eigenvalue weighted by molar-refractivity contribution is 0.0631. The molecule has 0 fully saturated rings. The van der Waals surface area contributed by atoms with Crippen LogP contribution in [0.1, 0.15) is 12.8 Å². The van der Waals surface area contributed by atoms with Gasteiger partial charge in [-0.25, -0.2) is 26.8 Å². The smallest absolute Gasteiger partial charge is 0.312 e. The molecular formula is C6H12F4NO3P. The van der Waals surface area contributed by atoms with Crippen molar-refractivity contribution in [1.29, 1.82) is 0 Å². The fourth-order valence-electron chi connectivity index (χ4n) is 1.03. The first-order valence-corrected chi connectivity index (χ1v) is 5.56. The van der Waals surface area contributed by atoms with Crippen molar-refractivity contribution in [1.82, 2.24) is 4.67 Å². The Morgan fingerprint density at radius 2 is 1.47 bits per heavy atom. The van der Waals surface area contributed by atoms with Crippen LogP contribution >= 0.6 is 7.75 Å². The third-order valence-electron chi connectivity index (χ3n) is 1.84. The summed E-state index contributed by atoms with van der Waals surface area (Å²) in [6, 6.07) is -1.54. The third-order valence-corrected chi connectivity index (χ3v) is 2.99. The summed E-state index contributed by atoms with van der Waals surface area (Å²) in [5, 5.41) is 0. The van der Waals surface area contributed by atoms with Gasteiger partial charge in [-0.05, 0) is 7.05 Å². The molecule has 0 spiro atoms. The topological polar surface area (TPSA) is 60.8 Å². The van der Waals surface area contributed by atoms with Gasteiger partial charge in [0.05, 0.1) is 0 Å². The van der Waals surface area contributed by atoms with Gasteiger partial charge in [-0.15, -0.1) is 0 Å². The zero-order chi connectivity index (χ0) is 12.2. The first kappa shape index (κ1) is 14.8. The van der Waals surface area contributed by atoms with Crippen molar-refractivity contribution >= 4 is 7.75 Å². The summed E-state index contributed by atoms with van der Waals surface area (Å²) in [5.74, 6) is 0. The van der Waals surface area contributed by atoms with E-state index in [0.29, 0.717) is 0 Å². The second kappa shape index (κ2) is 5.79. The highest BCUT2D eigenvalue weighted by Crippen LogP contribution is 2.42. The highest BCUT2D eigenvalue weighted by atomic mass is 31.2. The van der Waals surface area contributed by atoms with Crippen molar-refractivity contribution in [2.24, 2.45) is 0 Å². The zero-order valence-electron chi connectivity index (χ0n) is 7.86. The number of halogens is 4. The quantitative estimate of drug-likeness (QED) is 0.558. The van der Waals surface area contributed by atoms with Crippen molar-refractivity contribution in [3.05, 3.63) is 0 Å². The van der Waals surface area contributed by atoms with Crippen LogP contribution in [-0.4, -0.2) is 40.4 Å². The molecule has 0 aliphatic carbocycles. The van der Waals surface area contributed by atoms with Crippen molar-refractivity contribution in [3.8, 4) is 0 Å². The average Bonchev–Trinajstić information content (AvgIpc) is 1.98. The van der Waals surface area contributed by atoms with Crippen molar-refractivity contribution in [2.75, 3.05) is 7.05 Å². The van der Waals surface area contributed by atoms with Gasteiger partial charge in [0.2, 0.25) is 12.9 Å². The van der Waals surface area contributed by atoms with E-state index in [1.165, 1.54) is 0 Å². The summed E-state index contributed by atoms with van der Waals surface area (Å²) in [6.07, 6.45) is -7.76. The fourth-order valence-corrected chi connectivity index (χ4v) is 1.64. The molecule has 0 atom stereocenters. The van der Waals surface area contributed by atoms with Gasteiger partial charge in [-0.1, -0.05) is 0 Å². The van der Waals surface area contributed by atoms with Gasteiger partial charge in [0.1, 0.15) is 0 Å². The van der Waals surface area contributed by atoms with Gasteiger partial charge >= 0.3 is 7.75 Å². The molecule has 0 aliphatic rings. The molecule has 2 N–H and O–H groups in total. The minimum absolute atomic E-state index is 0.255. The maximum Gasteiger partial charge on any atom is 0.402 e. The van der Waals surface area contributed by atoms with Gasteiger partial charge < -0.3 is 9.79 Å². The molecule has 15 heavy (non-hydrogen) atoms. The van der Waals surface area contributed by atoms with Crippen LogP contribution < -0.4 is 0 Å². The fraction of sp³-hybridized carbons (Fsp3) is 1.00. The average molecular weight is 253 g/mol. The SMILES string of the molecule is CN(C(CC(F)F)CC(F)F)P(=O)(O)O. The molecule has 0 bridgehead atoms. The lowest BCUT2D eigenvalue weighted by Crippen LogP contribution is -2.32. The molecule has 0 heterocycles. The molecule has 0 aromatic heterocycles. The van der Waals surface area contributed by atoms with E-state index in [9.17, 15) is 22.1 Å². The Morgan fingerprint density at radius 3 is 1.67 bits per heavy atom. The molecule has 0 unspecified atom stereocenters. The summed E-state index contributed by atoms with van der Waals surface area (Å²) in [4.78, 5) is 17.3. The minimum Gasteiger partial charge on any atom is -0.312 e. The Labute approximate surface area is 84.1 Å². The molecule has 0 aliphatic heterocycles. The molecule has 0 aromatic carbocycles. The Bertz CT molecular complexity index is 224. The van der Waals surface area contributed by atoms with E-state index in [1.54, 1.807) is 0 Å². The number of nitrogens with zero attached hydrogens (tertiary/aromatic N) is 1. The predicted molar refractivity (Wildman–Crippen MR) is 44.8 cm³/mol. The van der Waals surface area contributed by atoms with Gasteiger partial charge in [0, 0.05) is 18.9 Å². The van der Waals surface area contributed by atoms with E-state index in [4.69, 9.17) is 9.79 Å². The molecule has 0 amide bonds. The zero-order valence-corrected chi connectivity index (χ0v) is 8.75. The molecule has 0 saturated carbocycles. The molecule has 0 radical (unpaired) electrons. The molecule has 4 nitrogen and oxygen atoms in total. The van der Waals surface area contributed by atoms with Gasteiger partial charge in [0.25, 0.3) is 0 Å². The summed E-state index contributed by atoms with van der Waals surface area (Å²) in [5.41, 5.74) is 0. The van der Waals surface area contributed by atoms with E-state index in [2.05, 4.69) is 0 Å². The summed E-state index contributed by atoms with van der Waals surface area (Å²) >= 11 is 0. The lowest BCUT2D eigenvalue weighted by Gasteiger charge is -2.27. The second-order valence-corrected chi connectivity index (χ2v) is 4.65. The second-order valence-electron chi connectivity index (χ2n) is 2.99. The highest BCUT2D eigenvalue weighted by molar-refractivity contribution is 7.49. The molecule has 0 saturated heterocycles. The Hall–Kier alpha value is -0.170. The van der Waals surface area contributed by atoms with Crippen molar-refractivity contribution in [3.63, 3.8) is 0 Å². The maximum absolute atomic E-state index is 12.0. The lowest BCUT2D eigenvalue weighted by atomic mass is 10.1. The van der Waals surface area contributed by atoms with Crippen LogP contribution in [0.4, 0.5) is 17.6 Å². The maximum atomic E-state index is 12.0. The van der Waals surface area contributed by atoms with E-state index in [-0.39, 0.29) is 4.67 Å². The number of rotatable bonds is 6. The van der Waals surface area contributed by atoms with E-state index in [1.807, 2.05) is 0 Å². The summed E-state index contributed by atoms with van der Waals surface area (Å²) < 4.78 is 58.8. The largest absolute Gasteiger partial charge is 0.402 e. The van der Waals surface area contributed by atoms with Crippen molar-refractivity contribution < 1.29 is 31.9 Å².